The summed E-state index contributed by atoms with van der Waals surface area (Å²) in [4.78, 5) is 0. The maximum atomic E-state index is 4.93. The Morgan fingerprint density at radius 2 is 0.578 bits per heavy atom. The molecule has 0 aliphatic rings. The van der Waals surface area contributed by atoms with E-state index >= 15 is 0 Å². The van der Waals surface area contributed by atoms with Crippen LogP contribution in [0.5, 0.6) is 0 Å². The van der Waals surface area contributed by atoms with E-state index in [1.54, 1.807) is 0 Å². The first-order valence-corrected chi connectivity index (χ1v) is 30.8. The molecule has 0 atom stereocenters. The standard InChI is InChI=1S/2C29H31.C2H6Si.2ClH.Zr/c2*1-18-10-19(2)13-22(12-18)25-8-9-26(23-14-20(3)11-21(4)15-23)28-17-24(16-27(25)28)29(5,6)7;1-3-2;;;/h2*8-17H,1-7H3;1-2H3;2*1H;/q2*-1;;;;+4/p-2. The van der Waals surface area contributed by atoms with E-state index < -0.39 is 20.8 Å². The first kappa shape index (κ1) is 51.2. The minimum atomic E-state index is -0.826. The van der Waals surface area contributed by atoms with E-state index in [2.05, 4.69) is 231 Å². The molecule has 0 heterocycles. The number of rotatable bonds is 4. The Labute approximate surface area is 408 Å². The van der Waals surface area contributed by atoms with Gasteiger partial charge < -0.3 is 0 Å². The van der Waals surface area contributed by atoms with Gasteiger partial charge in [0.15, 0.2) is 0 Å². The Balaban J connectivity index is 0.000000215. The molecule has 0 N–H and O–H groups in total. The van der Waals surface area contributed by atoms with Crippen LogP contribution >= 0.6 is 17.0 Å². The van der Waals surface area contributed by atoms with Crippen LogP contribution in [0.1, 0.15) is 97.2 Å². The molecule has 64 heavy (non-hydrogen) atoms. The molecular formula is C60H68Cl2SiZr. The Morgan fingerprint density at radius 3 is 0.797 bits per heavy atom. The van der Waals surface area contributed by atoms with E-state index in [9.17, 15) is 0 Å². The van der Waals surface area contributed by atoms with Crippen molar-refractivity contribution < 1.29 is 20.8 Å². The molecule has 0 nitrogen and oxygen atoms in total. The van der Waals surface area contributed by atoms with Gasteiger partial charge in [-0.3, -0.25) is 0 Å². The third-order valence-electron chi connectivity index (χ3n) is 11.6. The zero-order valence-corrected chi connectivity index (χ0v) is 46.3. The van der Waals surface area contributed by atoms with E-state index in [4.69, 9.17) is 17.0 Å². The fourth-order valence-electron chi connectivity index (χ4n) is 8.99. The molecule has 0 aliphatic heterocycles. The predicted octanol–water partition coefficient (Wildman–Crippen LogP) is 19.0. The van der Waals surface area contributed by atoms with Crippen LogP contribution in [0.3, 0.4) is 0 Å². The van der Waals surface area contributed by atoms with Crippen LogP contribution in [0.25, 0.3) is 66.1 Å². The van der Waals surface area contributed by atoms with Gasteiger partial charge in [0.2, 0.25) is 0 Å². The molecule has 0 fully saturated rings. The zero-order chi connectivity index (χ0) is 47.3. The topological polar surface area (TPSA) is 0 Å². The van der Waals surface area contributed by atoms with Crippen molar-refractivity contribution in [3.05, 3.63) is 177 Å². The van der Waals surface area contributed by atoms with E-state index in [0.717, 1.165) is 9.52 Å². The Kier molecular flexibility index (Phi) is 17.3. The Morgan fingerprint density at radius 1 is 0.375 bits per heavy atom. The summed E-state index contributed by atoms with van der Waals surface area (Å²) in [7, 11) is 11.0. The van der Waals surface area contributed by atoms with Crippen molar-refractivity contribution in [2.45, 2.75) is 121 Å². The summed E-state index contributed by atoms with van der Waals surface area (Å²) in [5, 5.41) is 5.43. The fourth-order valence-corrected chi connectivity index (χ4v) is 8.99. The molecule has 330 valence electrons. The SMILES string of the molecule is C[Si]C.Cc1cc(C)cc(-c2ccc(-c3cc(C)cc(C)c3)c3[cH-]c(C(C)(C)C)cc23)c1.Cc1cc(C)cc(-c2ccc(-c3cc(C)cc(C)c3)c3[cH-]c(C(C)(C)C)cc23)c1.[Cl][Zr+2][Cl]. The quantitative estimate of drug-likeness (QED) is 0.122. The number of aryl methyl sites for hydroxylation is 8. The molecule has 0 saturated heterocycles. The molecule has 2 radical (unpaired) electrons. The molecule has 0 aliphatic carbocycles. The molecule has 0 spiro atoms. The van der Waals surface area contributed by atoms with Gasteiger partial charge in [-0.25, -0.2) is 0 Å². The fraction of sp³-hybridized carbons (Fsp3) is 0.300. The number of hydrogen-bond donors (Lipinski definition) is 0. The van der Waals surface area contributed by atoms with Crippen molar-refractivity contribution in [3.63, 3.8) is 0 Å². The van der Waals surface area contributed by atoms with Crippen molar-refractivity contribution in [1.82, 2.24) is 0 Å². The second-order valence-corrected chi connectivity index (χ2v) is 24.8. The van der Waals surface area contributed by atoms with Crippen LogP contribution in [0.2, 0.25) is 13.1 Å². The summed E-state index contributed by atoms with van der Waals surface area (Å²) >= 11 is -0.826. The molecule has 8 aromatic carbocycles. The summed E-state index contributed by atoms with van der Waals surface area (Å²) in [6, 6.07) is 46.4. The Bertz CT molecular complexity index is 2420. The van der Waals surface area contributed by atoms with Crippen LogP contribution < -0.4 is 0 Å². The molecular weight excluding hydrogens is 911 g/mol. The zero-order valence-electron chi connectivity index (χ0n) is 41.3. The molecule has 0 aromatic heterocycles. The van der Waals surface area contributed by atoms with Crippen molar-refractivity contribution in [2.75, 3.05) is 0 Å². The van der Waals surface area contributed by atoms with Gasteiger partial charge in [0, 0.05) is 9.52 Å². The average Bonchev–Trinajstić information content (AvgIpc) is 3.84. The van der Waals surface area contributed by atoms with E-state index in [0.29, 0.717) is 0 Å². The van der Waals surface area contributed by atoms with E-state index in [-0.39, 0.29) is 10.8 Å². The monoisotopic (exact) mass is 976 g/mol. The van der Waals surface area contributed by atoms with Gasteiger partial charge in [-0.1, -0.05) is 230 Å². The van der Waals surface area contributed by atoms with Gasteiger partial charge in [-0.2, -0.15) is 12.1 Å². The van der Waals surface area contributed by atoms with Gasteiger partial charge in [-0.05, 0) is 77.3 Å². The normalized spacial score (nSPS) is 11.3. The van der Waals surface area contributed by atoms with Crippen molar-refractivity contribution in [3.8, 4) is 44.5 Å². The van der Waals surface area contributed by atoms with Crippen molar-refractivity contribution in [2.24, 2.45) is 0 Å². The third-order valence-corrected chi connectivity index (χ3v) is 11.6. The second kappa shape index (κ2) is 21.7. The van der Waals surface area contributed by atoms with Crippen LogP contribution in [0.15, 0.2) is 121 Å². The van der Waals surface area contributed by atoms with Crippen LogP contribution in [-0.4, -0.2) is 9.52 Å². The Hall–Kier alpha value is -3.78. The molecule has 4 heteroatoms. The minimum absolute atomic E-state index is 0.124. The number of benzene rings is 6. The van der Waals surface area contributed by atoms with Crippen LogP contribution in [0.4, 0.5) is 0 Å². The van der Waals surface area contributed by atoms with Crippen LogP contribution in [-0.2, 0) is 31.7 Å². The average molecular weight is 979 g/mol. The molecule has 0 saturated carbocycles. The molecule has 0 unspecified atom stereocenters. The third kappa shape index (κ3) is 12.8. The number of halogens is 2. The van der Waals surface area contributed by atoms with Gasteiger partial charge >= 0.3 is 37.9 Å². The second-order valence-electron chi connectivity index (χ2n) is 20.0. The summed E-state index contributed by atoms with van der Waals surface area (Å²) < 4.78 is 0. The summed E-state index contributed by atoms with van der Waals surface area (Å²) in [6.45, 7) is 35.6. The first-order chi connectivity index (χ1) is 30.1. The van der Waals surface area contributed by atoms with E-state index in [1.165, 1.54) is 122 Å². The van der Waals surface area contributed by atoms with Gasteiger partial charge in [-0.15, -0.1) is 44.8 Å². The maximum absolute atomic E-state index is 4.93. The molecule has 8 aromatic rings. The van der Waals surface area contributed by atoms with Crippen molar-refractivity contribution >= 4 is 48.1 Å². The van der Waals surface area contributed by atoms with Crippen LogP contribution in [0, 0.1) is 55.4 Å². The molecule has 0 bridgehead atoms. The van der Waals surface area contributed by atoms with Crippen molar-refractivity contribution in [1.29, 1.82) is 0 Å². The number of fused-ring (bicyclic) bond motifs is 2. The van der Waals surface area contributed by atoms with Gasteiger partial charge in [0.25, 0.3) is 0 Å². The first-order valence-electron chi connectivity index (χ1n) is 22.4. The van der Waals surface area contributed by atoms with Gasteiger partial charge in [0.1, 0.15) is 0 Å². The summed E-state index contributed by atoms with van der Waals surface area (Å²) in [6.07, 6.45) is 0. The molecule has 8 rings (SSSR count). The molecule has 0 amide bonds. The predicted molar refractivity (Wildman–Crippen MR) is 285 cm³/mol. The summed E-state index contributed by atoms with van der Waals surface area (Å²) in [5.41, 5.74) is 24.1. The summed E-state index contributed by atoms with van der Waals surface area (Å²) in [5.74, 6) is 0. The van der Waals surface area contributed by atoms with E-state index in [1.807, 2.05) is 0 Å². The van der Waals surface area contributed by atoms with Gasteiger partial charge in [0.05, 0.1) is 0 Å². The number of hydrogen-bond acceptors (Lipinski definition) is 0.